The van der Waals surface area contributed by atoms with Gasteiger partial charge in [0.25, 0.3) is 0 Å². The Hall–Kier alpha value is -2.21. The highest BCUT2D eigenvalue weighted by molar-refractivity contribution is 7.98. The predicted molar refractivity (Wildman–Crippen MR) is 83.0 cm³/mol. The molecule has 0 aliphatic heterocycles. The molecule has 0 fully saturated rings. The first kappa shape index (κ1) is 13.8. The van der Waals surface area contributed by atoms with E-state index >= 15 is 0 Å². The maximum atomic E-state index is 5.38. The number of fused-ring (bicyclic) bond motifs is 1. The van der Waals surface area contributed by atoms with E-state index in [0.29, 0.717) is 17.3 Å². The van der Waals surface area contributed by atoms with Crippen molar-refractivity contribution in [1.29, 1.82) is 0 Å². The fourth-order valence-electron chi connectivity index (χ4n) is 2.09. The van der Waals surface area contributed by atoms with Crippen molar-refractivity contribution in [2.75, 3.05) is 14.2 Å². The van der Waals surface area contributed by atoms with Crippen LogP contribution in [0.2, 0.25) is 0 Å². The number of nitrogens with one attached hydrogen (secondary N) is 1. The number of imidazole rings is 1. The molecule has 0 saturated carbocycles. The normalized spacial score (nSPS) is 10.8. The fraction of sp³-hybridized carbons (Fsp3) is 0.200. The Balaban J connectivity index is 1.81. The summed E-state index contributed by atoms with van der Waals surface area (Å²) in [5, 5.41) is 0.864. The summed E-state index contributed by atoms with van der Waals surface area (Å²) in [5.74, 6) is 2.01. The second-order valence-electron chi connectivity index (χ2n) is 4.34. The summed E-state index contributed by atoms with van der Waals surface area (Å²) in [7, 11) is 3.24. The number of hydrogen-bond donors (Lipinski definition) is 1. The number of pyridine rings is 1. The molecule has 0 atom stereocenters. The van der Waals surface area contributed by atoms with E-state index < -0.39 is 0 Å². The van der Waals surface area contributed by atoms with Crippen LogP contribution in [0.4, 0.5) is 0 Å². The van der Waals surface area contributed by atoms with E-state index in [1.807, 2.05) is 24.3 Å². The number of hydrogen-bond acceptors (Lipinski definition) is 5. The van der Waals surface area contributed by atoms with Gasteiger partial charge in [0, 0.05) is 18.0 Å². The van der Waals surface area contributed by atoms with Crippen LogP contribution in [0.15, 0.2) is 41.7 Å². The van der Waals surface area contributed by atoms with Crippen LogP contribution in [-0.4, -0.2) is 29.2 Å². The number of H-pyrrole nitrogens is 1. The molecule has 1 aromatic carbocycles. The van der Waals surface area contributed by atoms with Crippen molar-refractivity contribution >= 4 is 22.8 Å². The number of benzene rings is 1. The smallest absolute Gasteiger partial charge is 0.183 e. The highest BCUT2D eigenvalue weighted by Crippen LogP contribution is 2.32. The molecule has 0 saturated heterocycles. The Morgan fingerprint density at radius 3 is 2.76 bits per heavy atom. The minimum atomic E-state index is 0.653. The predicted octanol–water partition coefficient (Wildman–Crippen LogP) is 3.27. The van der Waals surface area contributed by atoms with Crippen LogP contribution in [0.1, 0.15) is 5.69 Å². The Labute approximate surface area is 126 Å². The monoisotopic (exact) mass is 301 g/mol. The quantitative estimate of drug-likeness (QED) is 0.733. The Morgan fingerprint density at radius 1 is 1.14 bits per heavy atom. The van der Waals surface area contributed by atoms with E-state index in [2.05, 4.69) is 15.0 Å². The fourth-order valence-corrected chi connectivity index (χ4v) is 2.91. The van der Waals surface area contributed by atoms with Gasteiger partial charge in [-0.05, 0) is 12.1 Å². The van der Waals surface area contributed by atoms with E-state index in [4.69, 9.17) is 9.47 Å². The molecule has 5 nitrogen and oxygen atoms in total. The molecule has 108 valence electrons. The number of nitrogens with zero attached hydrogens (tertiary/aromatic N) is 2. The third-order valence-electron chi connectivity index (χ3n) is 3.08. The highest BCUT2D eigenvalue weighted by atomic mass is 32.2. The summed E-state index contributed by atoms with van der Waals surface area (Å²) < 4.78 is 10.7. The zero-order valence-electron chi connectivity index (χ0n) is 11.8. The number of rotatable bonds is 5. The van der Waals surface area contributed by atoms with E-state index in [1.165, 1.54) is 0 Å². The van der Waals surface area contributed by atoms with Crippen LogP contribution in [-0.2, 0) is 5.75 Å². The number of aromatic nitrogens is 3. The molecule has 0 spiro atoms. The summed E-state index contributed by atoms with van der Waals surface area (Å²) in [5.41, 5.74) is 2.83. The molecule has 0 aliphatic carbocycles. The number of methoxy groups -OCH3 is 2. The molecule has 0 bridgehead atoms. The topological polar surface area (TPSA) is 60.0 Å². The maximum absolute atomic E-state index is 5.38. The number of para-hydroxylation sites is 2. The largest absolute Gasteiger partial charge is 0.493 e. The average Bonchev–Trinajstić information content (AvgIpc) is 2.95. The van der Waals surface area contributed by atoms with Gasteiger partial charge in [-0.15, -0.1) is 0 Å². The van der Waals surface area contributed by atoms with Crippen LogP contribution >= 0.6 is 11.8 Å². The molecule has 0 aliphatic rings. The van der Waals surface area contributed by atoms with Crippen molar-refractivity contribution in [3.63, 3.8) is 0 Å². The molecule has 2 heterocycles. The van der Waals surface area contributed by atoms with Gasteiger partial charge in [-0.1, -0.05) is 23.9 Å². The first-order valence-corrected chi connectivity index (χ1v) is 7.44. The lowest BCUT2D eigenvalue weighted by Gasteiger charge is -2.10. The summed E-state index contributed by atoms with van der Waals surface area (Å²) in [6, 6.07) is 9.75. The van der Waals surface area contributed by atoms with Crippen molar-refractivity contribution in [2.45, 2.75) is 10.9 Å². The minimum Gasteiger partial charge on any atom is -0.493 e. The highest BCUT2D eigenvalue weighted by Gasteiger charge is 2.12. The van der Waals surface area contributed by atoms with E-state index in [9.17, 15) is 0 Å². The summed E-state index contributed by atoms with van der Waals surface area (Å²) >= 11 is 1.58. The molecule has 6 heteroatoms. The van der Waals surface area contributed by atoms with Crippen molar-refractivity contribution in [3.8, 4) is 11.5 Å². The van der Waals surface area contributed by atoms with Gasteiger partial charge in [0.1, 0.15) is 0 Å². The Bertz CT molecular complexity index is 725. The zero-order chi connectivity index (χ0) is 14.7. The van der Waals surface area contributed by atoms with Gasteiger partial charge >= 0.3 is 0 Å². The molecular weight excluding hydrogens is 286 g/mol. The molecule has 0 amide bonds. The van der Waals surface area contributed by atoms with Gasteiger partial charge in [0.05, 0.1) is 30.9 Å². The van der Waals surface area contributed by atoms with Crippen LogP contribution in [0, 0.1) is 0 Å². The SMILES string of the molecule is COc1ccnc(CSc2nc3ccccc3[nH]2)c1OC. The van der Waals surface area contributed by atoms with Crippen LogP contribution < -0.4 is 9.47 Å². The minimum absolute atomic E-state index is 0.653. The maximum Gasteiger partial charge on any atom is 0.183 e. The van der Waals surface area contributed by atoms with Crippen molar-refractivity contribution in [1.82, 2.24) is 15.0 Å². The van der Waals surface area contributed by atoms with Crippen molar-refractivity contribution in [2.24, 2.45) is 0 Å². The third-order valence-corrected chi connectivity index (χ3v) is 3.96. The van der Waals surface area contributed by atoms with Gasteiger partial charge in [-0.3, -0.25) is 4.98 Å². The zero-order valence-corrected chi connectivity index (χ0v) is 12.6. The summed E-state index contributed by atoms with van der Waals surface area (Å²) in [6.07, 6.45) is 1.72. The molecule has 1 N–H and O–H groups in total. The van der Waals surface area contributed by atoms with Crippen LogP contribution in [0.5, 0.6) is 11.5 Å². The summed E-state index contributed by atoms with van der Waals surface area (Å²) in [4.78, 5) is 12.2. The lowest BCUT2D eigenvalue weighted by molar-refractivity contribution is 0.350. The van der Waals surface area contributed by atoms with Gasteiger partial charge in [0.2, 0.25) is 0 Å². The lowest BCUT2D eigenvalue weighted by Crippen LogP contribution is -1.97. The standard InChI is InChI=1S/C15H15N3O2S/c1-19-13-7-8-16-12(14(13)20-2)9-21-15-17-10-5-3-4-6-11(10)18-15/h3-8H,9H2,1-2H3,(H,17,18). The average molecular weight is 301 g/mol. The molecule has 0 unspecified atom stereocenters. The molecule has 3 rings (SSSR count). The number of ether oxygens (including phenoxy) is 2. The third kappa shape index (κ3) is 2.80. The van der Waals surface area contributed by atoms with E-state index in [-0.39, 0.29) is 0 Å². The second-order valence-corrected chi connectivity index (χ2v) is 5.30. The van der Waals surface area contributed by atoms with Gasteiger partial charge in [-0.25, -0.2) is 4.98 Å². The van der Waals surface area contributed by atoms with Gasteiger partial charge < -0.3 is 14.5 Å². The summed E-state index contributed by atoms with van der Waals surface area (Å²) in [6.45, 7) is 0. The number of aromatic amines is 1. The molecule has 0 radical (unpaired) electrons. The van der Waals surface area contributed by atoms with E-state index in [0.717, 1.165) is 21.9 Å². The Morgan fingerprint density at radius 2 is 2.00 bits per heavy atom. The van der Waals surface area contributed by atoms with Crippen molar-refractivity contribution in [3.05, 3.63) is 42.2 Å². The Kier molecular flexibility index (Phi) is 3.96. The number of thioether (sulfide) groups is 1. The van der Waals surface area contributed by atoms with Gasteiger partial charge in [0.15, 0.2) is 16.7 Å². The molecular formula is C15H15N3O2S. The molecule has 21 heavy (non-hydrogen) atoms. The second kappa shape index (κ2) is 6.05. The lowest BCUT2D eigenvalue weighted by atomic mass is 10.3. The van der Waals surface area contributed by atoms with Crippen LogP contribution in [0.3, 0.4) is 0 Å². The molecule has 3 aromatic rings. The molecule has 2 aromatic heterocycles. The first-order chi connectivity index (χ1) is 10.3. The van der Waals surface area contributed by atoms with E-state index in [1.54, 1.807) is 38.2 Å². The van der Waals surface area contributed by atoms with Crippen molar-refractivity contribution < 1.29 is 9.47 Å². The van der Waals surface area contributed by atoms with Crippen LogP contribution in [0.25, 0.3) is 11.0 Å². The van der Waals surface area contributed by atoms with Gasteiger partial charge in [-0.2, -0.15) is 0 Å². The first-order valence-electron chi connectivity index (χ1n) is 6.45.